The van der Waals surface area contributed by atoms with Gasteiger partial charge in [0.1, 0.15) is 11.8 Å². The Morgan fingerprint density at radius 3 is 3.10 bits per heavy atom. The minimum atomic E-state index is -1.71. The van der Waals surface area contributed by atoms with Crippen molar-refractivity contribution in [3.8, 4) is 0 Å². The first-order valence-electron chi connectivity index (χ1n) is 5.90. The van der Waals surface area contributed by atoms with Gasteiger partial charge in [-0.15, -0.1) is 0 Å². The van der Waals surface area contributed by atoms with E-state index in [1.165, 1.54) is 0 Å². The van der Waals surface area contributed by atoms with Gasteiger partial charge in [0.25, 0.3) is 0 Å². The van der Waals surface area contributed by atoms with Gasteiger partial charge in [-0.3, -0.25) is 4.57 Å². The molecule has 0 spiro atoms. The largest absolute Gasteiger partial charge is 0.393 e. The zero-order valence-electron chi connectivity index (χ0n) is 10.7. The summed E-state index contributed by atoms with van der Waals surface area (Å²) in [5.74, 6) is -1.60. The summed E-state index contributed by atoms with van der Waals surface area (Å²) in [7, 11) is 0. The number of rotatable bonds is 4. The number of aromatic nitrogens is 2. The number of nitrogens with zero attached hydrogens (tertiary/aromatic N) is 5. The fourth-order valence-electron chi connectivity index (χ4n) is 2.12. The first kappa shape index (κ1) is 15.2. The SMILES string of the molecule is [N-]=[N+]=NC[C@@]1(CO)C[C@H](F)[C@H](n2cc(F)c(N)nc2=O)O1. The van der Waals surface area contributed by atoms with Crippen molar-refractivity contribution < 1.29 is 18.6 Å². The smallest absolute Gasteiger partial charge is 0.351 e. The molecule has 0 aromatic carbocycles. The fraction of sp³-hybridized carbons (Fsp3) is 0.600. The van der Waals surface area contributed by atoms with Gasteiger partial charge in [-0.05, 0) is 5.53 Å². The number of halogens is 2. The van der Waals surface area contributed by atoms with E-state index in [0.29, 0.717) is 10.8 Å². The van der Waals surface area contributed by atoms with Crippen LogP contribution in [-0.4, -0.2) is 39.6 Å². The van der Waals surface area contributed by atoms with Crippen LogP contribution in [0.15, 0.2) is 16.1 Å². The highest BCUT2D eigenvalue weighted by Crippen LogP contribution is 2.38. The van der Waals surface area contributed by atoms with Crippen LogP contribution in [0.3, 0.4) is 0 Å². The Labute approximate surface area is 116 Å². The molecule has 11 heteroatoms. The van der Waals surface area contributed by atoms with E-state index in [0.717, 1.165) is 0 Å². The van der Waals surface area contributed by atoms with Crippen molar-refractivity contribution in [3.63, 3.8) is 0 Å². The Balaban J connectivity index is 2.36. The number of hydrogen-bond donors (Lipinski definition) is 2. The van der Waals surface area contributed by atoms with E-state index in [-0.39, 0.29) is 13.0 Å². The van der Waals surface area contributed by atoms with Gasteiger partial charge in [-0.2, -0.15) is 4.98 Å². The van der Waals surface area contributed by atoms with Crippen LogP contribution in [0, 0.1) is 5.82 Å². The van der Waals surface area contributed by atoms with Crippen molar-refractivity contribution in [3.05, 3.63) is 32.9 Å². The van der Waals surface area contributed by atoms with Crippen molar-refractivity contribution in [1.29, 1.82) is 0 Å². The van der Waals surface area contributed by atoms with Gasteiger partial charge in [-0.1, -0.05) is 5.11 Å². The van der Waals surface area contributed by atoms with Crippen LogP contribution < -0.4 is 11.4 Å². The lowest BCUT2D eigenvalue weighted by molar-refractivity contribution is -0.100. The Kier molecular flexibility index (Phi) is 4.07. The molecule has 1 aliphatic rings. The third kappa shape index (κ3) is 2.79. The number of nitrogen functional groups attached to an aromatic ring is 1. The van der Waals surface area contributed by atoms with Crippen molar-refractivity contribution in [2.75, 3.05) is 18.9 Å². The van der Waals surface area contributed by atoms with Crippen LogP contribution in [0.4, 0.5) is 14.6 Å². The summed E-state index contributed by atoms with van der Waals surface area (Å²) in [4.78, 5) is 17.4. The van der Waals surface area contributed by atoms with Crippen LogP contribution in [0.25, 0.3) is 10.4 Å². The lowest BCUT2D eigenvalue weighted by Crippen LogP contribution is -2.37. The molecule has 2 heterocycles. The highest BCUT2D eigenvalue weighted by molar-refractivity contribution is 5.26. The molecule has 2 rings (SSSR count). The minimum Gasteiger partial charge on any atom is -0.393 e. The maximum absolute atomic E-state index is 14.1. The van der Waals surface area contributed by atoms with Gasteiger partial charge >= 0.3 is 5.69 Å². The van der Waals surface area contributed by atoms with Gasteiger partial charge in [0.2, 0.25) is 0 Å². The van der Waals surface area contributed by atoms with Gasteiger partial charge in [0, 0.05) is 11.3 Å². The average molecular weight is 302 g/mol. The van der Waals surface area contributed by atoms with E-state index in [1.54, 1.807) is 0 Å². The van der Waals surface area contributed by atoms with Gasteiger partial charge < -0.3 is 15.6 Å². The summed E-state index contributed by atoms with van der Waals surface area (Å²) < 4.78 is 33.4. The Bertz CT molecular complexity index is 646. The van der Waals surface area contributed by atoms with E-state index in [1.807, 2.05) is 0 Å². The molecular weight excluding hydrogens is 290 g/mol. The van der Waals surface area contributed by atoms with Crippen molar-refractivity contribution in [1.82, 2.24) is 9.55 Å². The summed E-state index contributed by atoms with van der Waals surface area (Å²) >= 11 is 0. The molecule has 0 bridgehead atoms. The molecule has 0 amide bonds. The standard InChI is InChI=1S/C10H12F2N6O3/c11-5-1-10(4-19,3-15-17-14)21-8(5)18-2-6(12)7(13)16-9(18)20/h2,5,8,19H,1,3-4H2,(H2,13,16,20)/t5-,8+,10+/m0/s1. The molecule has 0 radical (unpaired) electrons. The van der Waals surface area contributed by atoms with E-state index < -0.39 is 41.9 Å². The summed E-state index contributed by atoms with van der Waals surface area (Å²) in [6.45, 7) is -0.945. The summed E-state index contributed by atoms with van der Waals surface area (Å²) in [6.07, 6.45) is -2.83. The lowest BCUT2D eigenvalue weighted by atomic mass is 10.0. The average Bonchev–Trinajstić information content (AvgIpc) is 2.78. The van der Waals surface area contributed by atoms with Crippen molar-refractivity contribution in [2.24, 2.45) is 5.11 Å². The maximum Gasteiger partial charge on any atom is 0.351 e. The molecule has 3 atom stereocenters. The number of anilines is 1. The van der Waals surface area contributed by atoms with Crippen LogP contribution in [0.1, 0.15) is 12.6 Å². The third-order valence-corrected chi connectivity index (χ3v) is 3.17. The molecule has 9 nitrogen and oxygen atoms in total. The summed E-state index contributed by atoms with van der Waals surface area (Å²) in [6, 6.07) is 0. The third-order valence-electron chi connectivity index (χ3n) is 3.17. The number of hydrogen-bond acceptors (Lipinski definition) is 6. The van der Waals surface area contributed by atoms with E-state index >= 15 is 0 Å². The molecule has 1 aromatic heterocycles. The zero-order valence-corrected chi connectivity index (χ0v) is 10.7. The zero-order chi connectivity index (χ0) is 15.6. The molecule has 0 saturated carbocycles. The van der Waals surface area contributed by atoms with Gasteiger partial charge in [0.05, 0.1) is 19.3 Å². The first-order valence-corrected chi connectivity index (χ1v) is 5.90. The number of aliphatic hydroxyl groups excluding tert-OH is 1. The number of alkyl halides is 1. The maximum atomic E-state index is 14.1. The number of aliphatic hydroxyl groups is 1. The topological polar surface area (TPSA) is 139 Å². The molecule has 0 unspecified atom stereocenters. The second kappa shape index (κ2) is 5.64. The van der Waals surface area contributed by atoms with Gasteiger partial charge in [0.15, 0.2) is 17.9 Å². The number of nitrogens with two attached hydrogens (primary N) is 1. The number of azide groups is 1. The summed E-state index contributed by atoms with van der Waals surface area (Å²) in [5.41, 5.74) is 11.0. The normalized spacial score (nSPS) is 28.3. The molecule has 3 N–H and O–H groups in total. The van der Waals surface area contributed by atoms with E-state index in [4.69, 9.17) is 16.0 Å². The van der Waals surface area contributed by atoms with Crippen LogP contribution in [0.2, 0.25) is 0 Å². The monoisotopic (exact) mass is 302 g/mol. The van der Waals surface area contributed by atoms with Crippen molar-refractivity contribution in [2.45, 2.75) is 24.4 Å². The molecule has 0 aliphatic carbocycles. The minimum absolute atomic E-state index is 0.314. The molecule has 114 valence electrons. The molecule has 1 fully saturated rings. The second-order valence-electron chi connectivity index (χ2n) is 4.62. The quantitative estimate of drug-likeness (QED) is 0.466. The Morgan fingerprint density at radius 1 is 1.76 bits per heavy atom. The molecule has 1 aliphatic heterocycles. The molecule has 21 heavy (non-hydrogen) atoms. The Morgan fingerprint density at radius 2 is 2.48 bits per heavy atom. The van der Waals surface area contributed by atoms with Gasteiger partial charge in [-0.25, -0.2) is 13.6 Å². The molecule has 1 aromatic rings. The van der Waals surface area contributed by atoms with Crippen LogP contribution in [0.5, 0.6) is 0 Å². The first-order chi connectivity index (χ1) is 9.92. The van der Waals surface area contributed by atoms with E-state index in [2.05, 4.69) is 15.0 Å². The number of ether oxygens (including phenoxy) is 1. The van der Waals surface area contributed by atoms with Crippen LogP contribution >= 0.6 is 0 Å². The Hall–Kier alpha value is -2.23. The summed E-state index contributed by atoms with van der Waals surface area (Å²) in [5, 5.41) is 12.6. The predicted octanol–water partition coefficient (Wildman–Crippen LogP) is 0.263. The molecular formula is C10H12F2N6O3. The lowest BCUT2D eigenvalue weighted by Gasteiger charge is -2.25. The fourth-order valence-corrected chi connectivity index (χ4v) is 2.12. The van der Waals surface area contributed by atoms with E-state index in [9.17, 15) is 18.7 Å². The highest BCUT2D eigenvalue weighted by Gasteiger charge is 2.47. The second-order valence-corrected chi connectivity index (χ2v) is 4.62. The predicted molar refractivity (Wildman–Crippen MR) is 66.3 cm³/mol. The highest BCUT2D eigenvalue weighted by atomic mass is 19.1. The molecule has 1 saturated heterocycles. The van der Waals surface area contributed by atoms with Crippen molar-refractivity contribution >= 4 is 5.82 Å². The van der Waals surface area contributed by atoms with Crippen LogP contribution in [-0.2, 0) is 4.74 Å².